The number of halogens is 2. The smallest absolute Gasteiger partial charge is 0.138 e. The fraction of sp³-hybridized carbons (Fsp3) is 0.571. The molecule has 18 heavy (non-hydrogen) atoms. The molecule has 1 aromatic rings. The van der Waals surface area contributed by atoms with Gasteiger partial charge in [-0.3, -0.25) is 0 Å². The Morgan fingerprint density at radius 1 is 1.33 bits per heavy atom. The van der Waals surface area contributed by atoms with Crippen molar-refractivity contribution < 1.29 is 4.74 Å². The molecule has 1 fully saturated rings. The van der Waals surface area contributed by atoms with E-state index in [1.165, 1.54) is 12.8 Å². The molecular weight excluding hydrogens is 269 g/mol. The van der Waals surface area contributed by atoms with Crippen molar-refractivity contribution in [1.29, 1.82) is 0 Å². The molecule has 1 aromatic carbocycles. The van der Waals surface area contributed by atoms with Crippen LogP contribution in [-0.2, 0) is 0 Å². The maximum absolute atomic E-state index is 6.07. The third-order valence-electron chi connectivity index (χ3n) is 2.96. The van der Waals surface area contributed by atoms with Gasteiger partial charge in [0.15, 0.2) is 0 Å². The summed E-state index contributed by atoms with van der Waals surface area (Å²) < 4.78 is 5.78. The highest BCUT2D eigenvalue weighted by molar-refractivity contribution is 6.35. The molecule has 1 N–H and O–H groups in total. The van der Waals surface area contributed by atoms with E-state index < -0.39 is 0 Å². The number of benzene rings is 1. The molecule has 0 saturated heterocycles. The lowest BCUT2D eigenvalue weighted by Gasteiger charge is -2.25. The van der Waals surface area contributed by atoms with Gasteiger partial charge >= 0.3 is 0 Å². The maximum atomic E-state index is 6.07. The van der Waals surface area contributed by atoms with Crippen LogP contribution in [0.1, 0.15) is 26.7 Å². The van der Waals surface area contributed by atoms with Crippen molar-refractivity contribution in [3.63, 3.8) is 0 Å². The van der Waals surface area contributed by atoms with E-state index in [0.717, 1.165) is 12.6 Å². The molecule has 0 spiro atoms. The largest absolute Gasteiger partial charge is 0.491 e. The van der Waals surface area contributed by atoms with E-state index in [2.05, 4.69) is 19.2 Å². The van der Waals surface area contributed by atoms with Gasteiger partial charge in [0.05, 0.1) is 11.6 Å². The van der Waals surface area contributed by atoms with E-state index in [9.17, 15) is 0 Å². The van der Waals surface area contributed by atoms with Crippen molar-refractivity contribution in [2.24, 2.45) is 5.41 Å². The molecule has 0 atom stereocenters. The molecule has 0 radical (unpaired) electrons. The number of nitrogens with one attached hydrogen (secondary N) is 1. The molecule has 0 unspecified atom stereocenters. The van der Waals surface area contributed by atoms with Crippen LogP contribution in [0.25, 0.3) is 0 Å². The van der Waals surface area contributed by atoms with Crippen molar-refractivity contribution in [3.8, 4) is 5.75 Å². The van der Waals surface area contributed by atoms with Gasteiger partial charge in [-0.25, -0.2) is 0 Å². The lowest BCUT2D eigenvalue weighted by atomic mass is 9.95. The van der Waals surface area contributed by atoms with Crippen LogP contribution in [0.3, 0.4) is 0 Å². The van der Waals surface area contributed by atoms with E-state index in [0.29, 0.717) is 22.4 Å². The highest BCUT2D eigenvalue weighted by Gasteiger charge is 2.25. The summed E-state index contributed by atoms with van der Waals surface area (Å²) in [7, 11) is 0. The molecule has 4 heteroatoms. The van der Waals surface area contributed by atoms with Gasteiger partial charge in [0.1, 0.15) is 5.75 Å². The summed E-state index contributed by atoms with van der Waals surface area (Å²) in [6, 6.07) is 6.03. The highest BCUT2D eigenvalue weighted by atomic mass is 35.5. The maximum Gasteiger partial charge on any atom is 0.138 e. The van der Waals surface area contributed by atoms with Crippen molar-refractivity contribution in [1.82, 2.24) is 5.32 Å². The first-order valence-electron chi connectivity index (χ1n) is 6.27. The van der Waals surface area contributed by atoms with Crippen molar-refractivity contribution in [2.75, 3.05) is 13.2 Å². The Kier molecular flexibility index (Phi) is 4.41. The standard InChI is InChI=1S/C14H19Cl2NO/c1-14(2,8-17-11-4-5-11)9-18-13-6-3-10(15)7-12(13)16/h3,6-7,11,17H,4-5,8-9H2,1-2H3. The van der Waals surface area contributed by atoms with Crippen LogP contribution in [0.15, 0.2) is 18.2 Å². The summed E-state index contributed by atoms with van der Waals surface area (Å²) in [6.07, 6.45) is 2.61. The Morgan fingerprint density at radius 2 is 2.06 bits per heavy atom. The third kappa shape index (κ3) is 4.34. The van der Waals surface area contributed by atoms with Gasteiger partial charge in [-0.05, 0) is 31.0 Å². The lowest BCUT2D eigenvalue weighted by molar-refractivity contribution is 0.176. The minimum Gasteiger partial charge on any atom is -0.491 e. The van der Waals surface area contributed by atoms with Crippen LogP contribution in [-0.4, -0.2) is 19.2 Å². The number of hydrogen-bond donors (Lipinski definition) is 1. The predicted molar refractivity (Wildman–Crippen MR) is 76.8 cm³/mol. The quantitative estimate of drug-likeness (QED) is 0.849. The van der Waals surface area contributed by atoms with E-state index in [4.69, 9.17) is 27.9 Å². The van der Waals surface area contributed by atoms with Gasteiger partial charge in [0, 0.05) is 23.0 Å². The summed E-state index contributed by atoms with van der Waals surface area (Å²) in [5.74, 6) is 0.695. The van der Waals surface area contributed by atoms with Crippen molar-refractivity contribution in [2.45, 2.75) is 32.7 Å². The molecule has 2 nitrogen and oxygen atoms in total. The Hall–Kier alpha value is -0.440. The predicted octanol–water partition coefficient (Wildman–Crippen LogP) is 4.15. The van der Waals surface area contributed by atoms with Gasteiger partial charge < -0.3 is 10.1 Å². The second-order valence-corrected chi connectivity index (χ2v) is 6.53. The minimum atomic E-state index is 0.0888. The molecule has 0 amide bonds. The first kappa shape index (κ1) is 14.0. The van der Waals surface area contributed by atoms with Crippen molar-refractivity contribution >= 4 is 23.2 Å². The fourth-order valence-corrected chi connectivity index (χ4v) is 2.09. The normalized spacial score (nSPS) is 15.8. The Labute approximate surface area is 119 Å². The second-order valence-electron chi connectivity index (χ2n) is 5.68. The third-order valence-corrected chi connectivity index (χ3v) is 3.49. The zero-order chi connectivity index (χ0) is 13.2. The monoisotopic (exact) mass is 287 g/mol. The number of ether oxygens (including phenoxy) is 1. The number of rotatable bonds is 6. The van der Waals surface area contributed by atoms with Gasteiger partial charge in [0.25, 0.3) is 0 Å². The molecule has 0 aliphatic heterocycles. The zero-order valence-electron chi connectivity index (χ0n) is 10.8. The molecule has 0 heterocycles. The van der Waals surface area contributed by atoms with Crippen LogP contribution in [0.4, 0.5) is 0 Å². The fourth-order valence-electron chi connectivity index (χ4n) is 1.62. The minimum absolute atomic E-state index is 0.0888. The van der Waals surface area contributed by atoms with E-state index in [1.807, 2.05) is 6.07 Å². The summed E-state index contributed by atoms with van der Waals surface area (Å²) in [4.78, 5) is 0. The molecule has 100 valence electrons. The van der Waals surface area contributed by atoms with Gasteiger partial charge in [-0.1, -0.05) is 37.0 Å². The topological polar surface area (TPSA) is 21.3 Å². The molecule has 0 bridgehead atoms. The van der Waals surface area contributed by atoms with Crippen molar-refractivity contribution in [3.05, 3.63) is 28.2 Å². The highest BCUT2D eigenvalue weighted by Crippen LogP contribution is 2.29. The summed E-state index contributed by atoms with van der Waals surface area (Å²) in [5.41, 5.74) is 0.0888. The first-order valence-corrected chi connectivity index (χ1v) is 7.03. The van der Waals surface area contributed by atoms with Gasteiger partial charge in [0.2, 0.25) is 0 Å². The van der Waals surface area contributed by atoms with Crippen LogP contribution in [0.2, 0.25) is 10.0 Å². The Balaban J connectivity index is 1.84. The molecule has 1 aliphatic carbocycles. The average molecular weight is 288 g/mol. The SMILES string of the molecule is CC(C)(CNC1CC1)COc1ccc(Cl)cc1Cl. The second kappa shape index (κ2) is 5.68. The molecule has 1 aliphatic rings. The van der Waals surface area contributed by atoms with Crippen LogP contribution in [0, 0.1) is 5.41 Å². The Bertz CT molecular complexity index is 416. The van der Waals surface area contributed by atoms with Crippen LogP contribution < -0.4 is 10.1 Å². The van der Waals surface area contributed by atoms with E-state index in [1.54, 1.807) is 12.1 Å². The summed E-state index contributed by atoms with van der Waals surface area (Å²) in [6.45, 7) is 5.97. The summed E-state index contributed by atoms with van der Waals surface area (Å²) in [5, 5.41) is 4.71. The van der Waals surface area contributed by atoms with Crippen LogP contribution >= 0.6 is 23.2 Å². The van der Waals surface area contributed by atoms with Gasteiger partial charge in [-0.2, -0.15) is 0 Å². The lowest BCUT2D eigenvalue weighted by Crippen LogP contribution is -2.35. The Morgan fingerprint density at radius 3 is 2.67 bits per heavy atom. The molecule has 1 saturated carbocycles. The van der Waals surface area contributed by atoms with E-state index in [-0.39, 0.29) is 5.41 Å². The average Bonchev–Trinajstić information content (AvgIpc) is 3.09. The molecular formula is C14H19Cl2NO. The zero-order valence-corrected chi connectivity index (χ0v) is 12.3. The summed E-state index contributed by atoms with van der Waals surface area (Å²) >= 11 is 11.9. The van der Waals surface area contributed by atoms with E-state index >= 15 is 0 Å². The van der Waals surface area contributed by atoms with Crippen LogP contribution in [0.5, 0.6) is 5.75 Å². The molecule has 2 rings (SSSR count). The number of hydrogen-bond acceptors (Lipinski definition) is 2. The van der Waals surface area contributed by atoms with Gasteiger partial charge in [-0.15, -0.1) is 0 Å². The first-order chi connectivity index (χ1) is 8.46. The molecule has 0 aromatic heterocycles.